The number of amides is 2. The predicted octanol–water partition coefficient (Wildman–Crippen LogP) is 6.79. The van der Waals surface area contributed by atoms with Crippen molar-refractivity contribution in [3.8, 4) is 11.1 Å². The largest absolute Gasteiger partial charge is 0.467 e. The van der Waals surface area contributed by atoms with Gasteiger partial charge in [0, 0.05) is 64.2 Å². The number of carbonyl (C=O) groups excluding carboxylic acids is 2. The van der Waals surface area contributed by atoms with Crippen LogP contribution >= 0.6 is 0 Å². The Bertz CT molecular complexity index is 2040. The van der Waals surface area contributed by atoms with E-state index in [1.807, 2.05) is 84.9 Å². The third kappa shape index (κ3) is 11.2. The van der Waals surface area contributed by atoms with Gasteiger partial charge in [-0.05, 0) is 51.1 Å². The first-order chi connectivity index (χ1) is 27.9. The first kappa shape index (κ1) is 39.9. The third-order valence-corrected chi connectivity index (χ3v) is 10.7. The molecule has 0 bridgehead atoms. The zero-order chi connectivity index (χ0) is 39.4. The van der Waals surface area contributed by atoms with Crippen LogP contribution in [0.2, 0.25) is 0 Å². The number of benzene rings is 5. The van der Waals surface area contributed by atoms with E-state index in [9.17, 15) is 14.7 Å². The summed E-state index contributed by atoms with van der Waals surface area (Å²) in [4.78, 5) is 30.4. The summed E-state index contributed by atoms with van der Waals surface area (Å²) in [5.74, 6) is -0.503. The Morgan fingerprint density at radius 2 is 1.37 bits per heavy atom. The molecular formula is C47H52N4O6. The molecule has 0 radical (unpaired) electrons. The van der Waals surface area contributed by atoms with E-state index < -0.39 is 24.3 Å². The summed E-state index contributed by atoms with van der Waals surface area (Å²) in [7, 11) is 1.32. The third-order valence-electron chi connectivity index (χ3n) is 10.7. The molecule has 2 fully saturated rings. The summed E-state index contributed by atoms with van der Waals surface area (Å²) in [5.41, 5.74) is 8.02. The summed E-state index contributed by atoms with van der Waals surface area (Å²) in [6.07, 6.45) is 0.274. The Kier molecular flexibility index (Phi) is 13.8. The highest BCUT2D eigenvalue weighted by molar-refractivity contribution is 5.83. The lowest BCUT2D eigenvalue weighted by Crippen LogP contribution is -2.49. The zero-order valence-corrected chi connectivity index (χ0v) is 32.5. The number of hydrogen-bond donors (Lipinski definition) is 3. The van der Waals surface area contributed by atoms with Crippen LogP contribution in [0.3, 0.4) is 0 Å². The minimum absolute atomic E-state index is 0.00170. The van der Waals surface area contributed by atoms with Gasteiger partial charge in [-0.2, -0.15) is 0 Å². The van der Waals surface area contributed by atoms with Crippen molar-refractivity contribution in [3.05, 3.63) is 167 Å². The van der Waals surface area contributed by atoms with Crippen LogP contribution in [0.4, 0.5) is 4.79 Å². The number of piperazine rings is 1. The van der Waals surface area contributed by atoms with E-state index in [0.29, 0.717) is 6.42 Å². The SMILES string of the molecule is COC(=O)[C@H](Cc1ccccc1)NC(=O)NCc1cccc(-c2cccc([C@@H]3O[C@H](CN4CCN(Cc5ccccc5)CC4)C[C@H](c4ccc(CO)cc4)O3)c2)c1. The van der Waals surface area contributed by atoms with Gasteiger partial charge in [-0.25, -0.2) is 9.59 Å². The molecule has 5 aromatic carbocycles. The quantitative estimate of drug-likeness (QED) is 0.106. The fourth-order valence-corrected chi connectivity index (χ4v) is 7.60. The second-order valence-electron chi connectivity index (χ2n) is 14.8. The average molecular weight is 769 g/mol. The molecule has 2 saturated heterocycles. The lowest BCUT2D eigenvalue weighted by Gasteiger charge is -2.41. The van der Waals surface area contributed by atoms with Crippen molar-refractivity contribution >= 4 is 12.0 Å². The molecule has 10 heteroatoms. The number of esters is 1. The van der Waals surface area contributed by atoms with Crippen molar-refractivity contribution in [1.82, 2.24) is 20.4 Å². The van der Waals surface area contributed by atoms with Gasteiger partial charge in [-0.15, -0.1) is 0 Å². The standard InChI is InChI=1S/C47H52N4O6/c1-55-45(53)43(27-34-10-4-2-5-11-34)49-47(54)48-30-37-14-8-15-39(26-37)40-16-9-17-41(28-40)46-56-42(29-44(57-46)38-20-18-36(33-52)19-21-38)32-51-24-22-50(23-25-51)31-35-12-6-3-7-13-35/h2-21,26,28,42-44,46,52H,22-25,27,29-33H2,1H3,(H2,48,49,54)/t42-,43-,44+,46+/m0/s1. The topological polar surface area (TPSA) is 113 Å². The van der Waals surface area contributed by atoms with Gasteiger partial charge in [0.15, 0.2) is 6.29 Å². The molecule has 0 unspecified atom stereocenters. The summed E-state index contributed by atoms with van der Waals surface area (Å²) in [6, 6.07) is 43.2. The van der Waals surface area contributed by atoms with Gasteiger partial charge in [-0.3, -0.25) is 9.80 Å². The van der Waals surface area contributed by atoms with E-state index in [-0.39, 0.29) is 25.4 Å². The monoisotopic (exact) mass is 768 g/mol. The maximum Gasteiger partial charge on any atom is 0.328 e. The van der Waals surface area contributed by atoms with Gasteiger partial charge >= 0.3 is 12.0 Å². The summed E-state index contributed by atoms with van der Waals surface area (Å²) in [5, 5.41) is 15.3. The number of ether oxygens (including phenoxy) is 3. The highest BCUT2D eigenvalue weighted by Crippen LogP contribution is 2.39. The molecule has 2 aliphatic rings. The predicted molar refractivity (Wildman–Crippen MR) is 220 cm³/mol. The van der Waals surface area contributed by atoms with Crippen LogP contribution < -0.4 is 10.6 Å². The Labute approximate surface area is 335 Å². The zero-order valence-electron chi connectivity index (χ0n) is 32.5. The number of carbonyl (C=O) groups is 2. The van der Waals surface area contributed by atoms with Crippen molar-refractivity contribution in [2.75, 3.05) is 39.8 Å². The molecule has 2 heterocycles. The van der Waals surface area contributed by atoms with Crippen molar-refractivity contribution in [2.24, 2.45) is 0 Å². The number of rotatable bonds is 14. The number of nitrogens with zero attached hydrogens (tertiary/aromatic N) is 2. The second kappa shape index (κ2) is 19.7. The minimum atomic E-state index is -0.815. The van der Waals surface area contributed by atoms with Gasteiger partial charge in [0.25, 0.3) is 0 Å². The molecule has 0 saturated carbocycles. The fourth-order valence-electron chi connectivity index (χ4n) is 7.60. The molecule has 7 rings (SSSR count). The molecule has 3 N–H and O–H groups in total. The number of nitrogens with one attached hydrogen (secondary N) is 2. The Balaban J connectivity index is 1.01. The van der Waals surface area contributed by atoms with E-state index in [2.05, 4.69) is 69.0 Å². The van der Waals surface area contributed by atoms with Crippen molar-refractivity contribution in [3.63, 3.8) is 0 Å². The molecule has 10 nitrogen and oxygen atoms in total. The molecule has 57 heavy (non-hydrogen) atoms. The number of methoxy groups -OCH3 is 1. The fraction of sp³-hybridized carbons (Fsp3) is 0.319. The van der Waals surface area contributed by atoms with Gasteiger partial charge in [0.1, 0.15) is 6.04 Å². The second-order valence-corrected chi connectivity index (χ2v) is 14.8. The molecule has 4 atom stereocenters. The van der Waals surface area contributed by atoms with Crippen molar-refractivity contribution in [1.29, 1.82) is 0 Å². The van der Waals surface area contributed by atoms with Crippen molar-refractivity contribution < 1.29 is 28.9 Å². The van der Waals surface area contributed by atoms with E-state index in [1.165, 1.54) is 12.7 Å². The van der Waals surface area contributed by atoms with Gasteiger partial charge in [0.2, 0.25) is 0 Å². The number of aliphatic hydroxyl groups is 1. The van der Waals surface area contributed by atoms with Crippen LogP contribution in [0.5, 0.6) is 0 Å². The van der Waals surface area contributed by atoms with E-state index in [4.69, 9.17) is 14.2 Å². The highest BCUT2D eigenvalue weighted by atomic mass is 16.7. The molecule has 0 spiro atoms. The highest BCUT2D eigenvalue weighted by Gasteiger charge is 2.34. The molecule has 2 aliphatic heterocycles. The van der Waals surface area contributed by atoms with Crippen LogP contribution in [0.25, 0.3) is 11.1 Å². The first-order valence-corrected chi connectivity index (χ1v) is 19.8. The van der Waals surface area contributed by atoms with Gasteiger partial charge in [-0.1, -0.05) is 121 Å². The smallest absolute Gasteiger partial charge is 0.328 e. The number of urea groups is 1. The molecule has 2 amide bonds. The minimum Gasteiger partial charge on any atom is -0.467 e. The molecule has 0 aliphatic carbocycles. The van der Waals surface area contributed by atoms with Gasteiger partial charge in [0.05, 0.1) is 25.9 Å². The van der Waals surface area contributed by atoms with Gasteiger partial charge < -0.3 is 30.0 Å². The molecule has 0 aromatic heterocycles. The van der Waals surface area contributed by atoms with Crippen LogP contribution in [0.1, 0.15) is 52.2 Å². The lowest BCUT2D eigenvalue weighted by atomic mass is 9.98. The Morgan fingerprint density at radius 1 is 0.719 bits per heavy atom. The van der Waals surface area contributed by atoms with Crippen LogP contribution in [-0.4, -0.2) is 78.9 Å². The maximum absolute atomic E-state index is 12.9. The Morgan fingerprint density at radius 3 is 2.07 bits per heavy atom. The molecule has 5 aromatic rings. The van der Waals surface area contributed by atoms with Crippen LogP contribution in [0, 0.1) is 0 Å². The number of hydrogen-bond acceptors (Lipinski definition) is 8. The Hall–Kier alpha value is -5.36. The van der Waals surface area contributed by atoms with Crippen molar-refractivity contribution in [2.45, 2.75) is 57.1 Å². The summed E-state index contributed by atoms with van der Waals surface area (Å²) >= 11 is 0. The van der Waals surface area contributed by atoms with E-state index in [1.54, 1.807) is 0 Å². The molecule has 296 valence electrons. The van der Waals surface area contributed by atoms with E-state index >= 15 is 0 Å². The van der Waals surface area contributed by atoms with Crippen LogP contribution in [0.15, 0.2) is 133 Å². The van der Waals surface area contributed by atoms with E-state index in [0.717, 1.165) is 84.6 Å². The number of aliphatic hydroxyl groups excluding tert-OH is 1. The molecular weight excluding hydrogens is 717 g/mol. The first-order valence-electron chi connectivity index (χ1n) is 19.8. The van der Waals surface area contributed by atoms with Crippen LogP contribution in [-0.2, 0) is 45.1 Å². The summed E-state index contributed by atoms with van der Waals surface area (Å²) in [6.45, 7) is 6.04. The normalized spacial score (nSPS) is 19.4. The maximum atomic E-state index is 12.9. The summed E-state index contributed by atoms with van der Waals surface area (Å²) < 4.78 is 18.4. The lowest BCUT2D eigenvalue weighted by molar-refractivity contribution is -0.253. The average Bonchev–Trinajstić information content (AvgIpc) is 3.26.